The molecule has 4 nitrogen and oxygen atoms in total. The lowest BCUT2D eigenvalue weighted by Crippen LogP contribution is -2.47. The van der Waals surface area contributed by atoms with Gasteiger partial charge in [-0.3, -0.25) is 14.9 Å². The minimum Gasteiger partial charge on any atom is -0.367 e. The maximum absolute atomic E-state index is 5.80. The Morgan fingerprint density at radius 1 is 1.20 bits per heavy atom. The largest absolute Gasteiger partial charge is 0.367 e. The summed E-state index contributed by atoms with van der Waals surface area (Å²) in [5.41, 5.74) is 3.08. The number of alkyl halides is 1. The van der Waals surface area contributed by atoms with E-state index in [4.69, 9.17) is 11.6 Å². The summed E-state index contributed by atoms with van der Waals surface area (Å²) < 4.78 is 0.960. The number of anilines is 1. The number of hydrogen-bond donors (Lipinski definition) is 0. The molecule has 1 fully saturated rings. The van der Waals surface area contributed by atoms with Gasteiger partial charge in [0, 0.05) is 55.5 Å². The van der Waals surface area contributed by atoms with Gasteiger partial charge < -0.3 is 4.90 Å². The van der Waals surface area contributed by atoms with Crippen molar-refractivity contribution in [1.29, 1.82) is 0 Å². The zero-order valence-electron chi connectivity index (χ0n) is 11.1. The van der Waals surface area contributed by atoms with Crippen LogP contribution < -0.4 is 4.90 Å². The van der Waals surface area contributed by atoms with E-state index in [0.29, 0.717) is 5.88 Å². The van der Waals surface area contributed by atoms with E-state index in [1.54, 1.807) is 0 Å². The molecule has 0 aromatic carbocycles. The third-order valence-electron chi connectivity index (χ3n) is 3.64. The molecule has 0 N–H and O–H groups in total. The molecule has 2 aromatic rings. The van der Waals surface area contributed by atoms with Crippen LogP contribution in [0.25, 0.3) is 11.0 Å². The van der Waals surface area contributed by atoms with Gasteiger partial charge in [-0.1, -0.05) is 0 Å². The molecule has 2 aromatic heterocycles. The first-order valence-corrected chi connectivity index (χ1v) is 8.04. The van der Waals surface area contributed by atoms with Crippen LogP contribution in [-0.2, 0) is 0 Å². The molecule has 3 heterocycles. The molecule has 0 amide bonds. The Hall–Kier alpha value is -0.910. The first kappa shape index (κ1) is 14.0. The van der Waals surface area contributed by atoms with Crippen LogP contribution in [0.4, 0.5) is 5.69 Å². The van der Waals surface area contributed by atoms with Crippen LogP contribution in [0.2, 0.25) is 0 Å². The van der Waals surface area contributed by atoms with E-state index in [0.717, 1.165) is 48.2 Å². The molecule has 0 saturated carbocycles. The number of halogens is 2. The van der Waals surface area contributed by atoms with Crippen molar-refractivity contribution in [1.82, 2.24) is 14.9 Å². The van der Waals surface area contributed by atoms with Gasteiger partial charge in [0.25, 0.3) is 0 Å². The van der Waals surface area contributed by atoms with E-state index in [1.807, 2.05) is 18.5 Å². The van der Waals surface area contributed by atoms with Crippen molar-refractivity contribution in [3.63, 3.8) is 0 Å². The summed E-state index contributed by atoms with van der Waals surface area (Å²) in [6.07, 6.45) is 3.69. The summed E-state index contributed by atoms with van der Waals surface area (Å²) in [5.74, 6) is 0.702. The Morgan fingerprint density at radius 2 is 2.00 bits per heavy atom. The molecular weight excluding hydrogens is 340 g/mol. The molecule has 0 unspecified atom stereocenters. The van der Waals surface area contributed by atoms with E-state index < -0.39 is 0 Å². The van der Waals surface area contributed by atoms with Gasteiger partial charge in [-0.15, -0.1) is 11.6 Å². The summed E-state index contributed by atoms with van der Waals surface area (Å²) in [7, 11) is 0. The molecule has 1 aliphatic heterocycles. The molecule has 3 rings (SSSR count). The smallest absolute Gasteiger partial charge is 0.112 e. The molecule has 1 aliphatic rings. The Morgan fingerprint density at radius 3 is 2.75 bits per heavy atom. The zero-order valence-corrected chi connectivity index (χ0v) is 13.4. The van der Waals surface area contributed by atoms with Crippen LogP contribution >= 0.6 is 27.5 Å². The summed E-state index contributed by atoms with van der Waals surface area (Å²) in [5, 5.41) is 0. The van der Waals surface area contributed by atoms with E-state index in [1.165, 1.54) is 5.69 Å². The van der Waals surface area contributed by atoms with Gasteiger partial charge in [-0.2, -0.15) is 0 Å². The van der Waals surface area contributed by atoms with Crippen LogP contribution in [0, 0.1) is 0 Å². The molecule has 106 valence electrons. The van der Waals surface area contributed by atoms with Gasteiger partial charge >= 0.3 is 0 Å². The van der Waals surface area contributed by atoms with Gasteiger partial charge in [0.1, 0.15) is 5.52 Å². The molecule has 6 heteroatoms. The number of hydrogen-bond acceptors (Lipinski definition) is 4. The number of fused-ring (bicyclic) bond motifs is 1. The van der Waals surface area contributed by atoms with Gasteiger partial charge in [0.15, 0.2) is 0 Å². The molecule has 0 spiro atoms. The molecule has 0 radical (unpaired) electrons. The summed E-state index contributed by atoms with van der Waals surface area (Å²) in [6.45, 7) is 5.08. The average molecular weight is 356 g/mol. The standard InChI is InChI=1S/C14H16BrClN4/c15-11-9-12-14(18-10-11)13(1-3-17-12)20-7-5-19(4-2-16)6-8-20/h1,3,9-10H,2,4-8H2. The molecule has 0 bridgehead atoms. The lowest BCUT2D eigenvalue weighted by atomic mass is 10.2. The Balaban J connectivity index is 1.84. The van der Waals surface area contributed by atoms with Crippen LogP contribution in [0.5, 0.6) is 0 Å². The highest BCUT2D eigenvalue weighted by Crippen LogP contribution is 2.26. The molecular formula is C14H16BrClN4. The first-order chi connectivity index (χ1) is 9.78. The van der Waals surface area contributed by atoms with E-state index in [-0.39, 0.29) is 0 Å². The van der Waals surface area contributed by atoms with E-state index >= 15 is 0 Å². The topological polar surface area (TPSA) is 32.3 Å². The second-order valence-corrected chi connectivity index (χ2v) is 6.16. The fraction of sp³-hybridized carbons (Fsp3) is 0.429. The van der Waals surface area contributed by atoms with Crippen molar-refractivity contribution < 1.29 is 0 Å². The number of aromatic nitrogens is 2. The first-order valence-electron chi connectivity index (χ1n) is 6.71. The number of rotatable bonds is 3. The SMILES string of the molecule is ClCCN1CCN(c2ccnc3cc(Br)cnc23)CC1. The zero-order chi connectivity index (χ0) is 13.9. The second-order valence-electron chi connectivity index (χ2n) is 4.87. The van der Waals surface area contributed by atoms with Crippen LogP contribution in [-0.4, -0.2) is 53.5 Å². The van der Waals surface area contributed by atoms with E-state index in [9.17, 15) is 0 Å². The second kappa shape index (κ2) is 6.24. The van der Waals surface area contributed by atoms with Crippen molar-refractivity contribution in [2.24, 2.45) is 0 Å². The van der Waals surface area contributed by atoms with Gasteiger partial charge in [-0.05, 0) is 28.1 Å². The van der Waals surface area contributed by atoms with Crippen molar-refractivity contribution in [2.45, 2.75) is 0 Å². The lowest BCUT2D eigenvalue weighted by Gasteiger charge is -2.35. The highest BCUT2D eigenvalue weighted by atomic mass is 79.9. The van der Waals surface area contributed by atoms with E-state index in [2.05, 4.69) is 41.8 Å². The predicted molar refractivity (Wildman–Crippen MR) is 86.6 cm³/mol. The van der Waals surface area contributed by atoms with Gasteiger partial charge in [0.2, 0.25) is 0 Å². The predicted octanol–water partition coefficient (Wildman–Crippen LogP) is 2.75. The lowest BCUT2D eigenvalue weighted by molar-refractivity contribution is 0.273. The Bertz CT molecular complexity index is 599. The minimum absolute atomic E-state index is 0.702. The normalized spacial score (nSPS) is 16.8. The van der Waals surface area contributed by atoms with Crippen molar-refractivity contribution >= 4 is 44.3 Å². The molecule has 0 aliphatic carbocycles. The Labute approximate surface area is 131 Å². The fourth-order valence-electron chi connectivity index (χ4n) is 2.58. The monoisotopic (exact) mass is 354 g/mol. The van der Waals surface area contributed by atoms with Gasteiger partial charge in [-0.25, -0.2) is 0 Å². The highest BCUT2D eigenvalue weighted by Gasteiger charge is 2.18. The molecule has 1 saturated heterocycles. The van der Waals surface area contributed by atoms with Crippen molar-refractivity contribution in [2.75, 3.05) is 43.5 Å². The molecule has 20 heavy (non-hydrogen) atoms. The quantitative estimate of drug-likeness (QED) is 0.793. The number of piperazine rings is 1. The van der Waals surface area contributed by atoms with Crippen LogP contribution in [0.15, 0.2) is 29.0 Å². The van der Waals surface area contributed by atoms with Crippen molar-refractivity contribution in [3.8, 4) is 0 Å². The average Bonchev–Trinajstić information content (AvgIpc) is 2.47. The minimum atomic E-state index is 0.702. The third-order valence-corrected chi connectivity index (χ3v) is 4.24. The van der Waals surface area contributed by atoms with Gasteiger partial charge in [0.05, 0.1) is 11.2 Å². The number of pyridine rings is 2. The maximum Gasteiger partial charge on any atom is 0.112 e. The Kier molecular flexibility index (Phi) is 4.38. The summed E-state index contributed by atoms with van der Waals surface area (Å²) in [4.78, 5) is 13.7. The van der Waals surface area contributed by atoms with Crippen LogP contribution in [0.3, 0.4) is 0 Å². The molecule has 0 atom stereocenters. The van der Waals surface area contributed by atoms with Crippen LogP contribution in [0.1, 0.15) is 0 Å². The fourth-order valence-corrected chi connectivity index (χ4v) is 3.14. The third kappa shape index (κ3) is 2.90. The number of nitrogens with zero attached hydrogens (tertiary/aromatic N) is 4. The van der Waals surface area contributed by atoms with Crippen molar-refractivity contribution in [3.05, 3.63) is 29.0 Å². The summed E-state index contributed by atoms with van der Waals surface area (Å²) >= 11 is 9.25. The summed E-state index contributed by atoms with van der Waals surface area (Å²) in [6, 6.07) is 4.07. The maximum atomic E-state index is 5.80. The highest BCUT2D eigenvalue weighted by molar-refractivity contribution is 9.10.